The van der Waals surface area contributed by atoms with Crippen LogP contribution in [0.25, 0.3) is 11.0 Å². The summed E-state index contributed by atoms with van der Waals surface area (Å²) in [6.45, 7) is 5.80. The zero-order valence-electron chi connectivity index (χ0n) is 39.8. The van der Waals surface area contributed by atoms with E-state index in [2.05, 4.69) is 222 Å². The summed E-state index contributed by atoms with van der Waals surface area (Å²) in [5.74, 6) is 7.76. The second-order valence-electron chi connectivity index (χ2n) is 15.6. The Kier molecular flexibility index (Phi) is 25.3. The van der Waals surface area contributed by atoms with E-state index in [9.17, 15) is 8.42 Å². The fraction of sp³-hybridized carbons (Fsp3) is 0.214. The predicted octanol–water partition coefficient (Wildman–Crippen LogP) is 10.3. The number of aryl methyl sites for hydroxylation is 1. The molecule has 70 heavy (non-hydrogen) atoms. The van der Waals surface area contributed by atoms with Crippen molar-refractivity contribution >= 4 is 93.6 Å². The van der Waals surface area contributed by atoms with Gasteiger partial charge in [0.05, 0.1) is 30.5 Å². The predicted molar refractivity (Wildman–Crippen MR) is 298 cm³/mol. The molecule has 8 rings (SSSR count). The molecule has 0 bridgehead atoms. The van der Waals surface area contributed by atoms with E-state index in [1.165, 1.54) is 31.8 Å². The summed E-state index contributed by atoms with van der Waals surface area (Å²) in [4.78, 5) is 8.98. The number of fused-ring (bicyclic) bond motifs is 1. The Labute approximate surface area is 434 Å². The van der Waals surface area contributed by atoms with E-state index >= 15 is 0 Å². The van der Waals surface area contributed by atoms with Gasteiger partial charge in [0.1, 0.15) is 11.3 Å². The van der Waals surface area contributed by atoms with Gasteiger partial charge in [0, 0.05) is 32.1 Å². The van der Waals surface area contributed by atoms with Gasteiger partial charge in [0.15, 0.2) is 5.82 Å². The molecule has 0 radical (unpaired) electrons. The molecule has 0 unspecified atom stereocenters. The molecule has 6 aromatic carbocycles. The smallest absolute Gasteiger partial charge is 0.0134 e. The molecule has 14 heteroatoms. The zero-order chi connectivity index (χ0) is 49.8. The number of rotatable bonds is 17. The van der Waals surface area contributed by atoms with Crippen molar-refractivity contribution in [3.63, 3.8) is 0 Å². The number of imidazole rings is 1. The molecule has 0 amide bonds. The summed E-state index contributed by atoms with van der Waals surface area (Å²) in [5.41, 5.74) is 8.47. The average molecular weight is 1120 g/mol. The van der Waals surface area contributed by atoms with E-state index < -0.39 is 25.9 Å². The first-order chi connectivity index (χ1) is 34.2. The first-order valence-corrected chi connectivity index (χ1v) is 31.6. The minimum atomic E-state index is -3.20. The van der Waals surface area contributed by atoms with Crippen molar-refractivity contribution in [3.05, 3.63) is 200 Å². The van der Waals surface area contributed by atoms with E-state index in [-0.39, 0.29) is 22.5 Å². The Bertz CT molecular complexity index is 2580. The normalized spacial score (nSPS) is 10.8. The van der Waals surface area contributed by atoms with Crippen LogP contribution in [0, 0.1) is 11.8 Å². The van der Waals surface area contributed by atoms with E-state index in [4.69, 9.17) is 34.5 Å². The molecule has 0 atom stereocenters. The Hall–Kier alpha value is -4.73. The van der Waals surface area contributed by atoms with Crippen LogP contribution in [0.2, 0.25) is 0 Å². The van der Waals surface area contributed by atoms with Crippen LogP contribution < -0.4 is 42.3 Å². The number of unbranched alkanes of at least 4 members (excludes halogenated alkanes) is 2. The van der Waals surface area contributed by atoms with Crippen LogP contribution in [0.15, 0.2) is 188 Å². The third-order valence-corrected chi connectivity index (χ3v) is 16.0. The molecule has 0 saturated heterocycles. The molecule has 2 heterocycles. The molecular weight excluding hydrogens is 1060 g/mol. The van der Waals surface area contributed by atoms with Crippen LogP contribution in [0.5, 0.6) is 0 Å². The fourth-order valence-electron chi connectivity index (χ4n) is 7.29. The summed E-state index contributed by atoms with van der Waals surface area (Å²) in [7, 11) is 5.53. The molecular formula is C56H61Cl2N5O3P2PdS. The first-order valence-electron chi connectivity index (χ1n) is 23.1. The van der Waals surface area contributed by atoms with Gasteiger partial charge in [0.2, 0.25) is 10.0 Å². The number of hydrogen-bond acceptors (Lipinski definition) is 6. The van der Waals surface area contributed by atoms with E-state index in [1.807, 2.05) is 0 Å². The van der Waals surface area contributed by atoms with E-state index in [1.54, 1.807) is 6.20 Å². The number of nitrogens with zero attached hydrogens (tertiary/aromatic N) is 3. The van der Waals surface area contributed by atoms with E-state index in [0.717, 1.165) is 55.3 Å². The van der Waals surface area contributed by atoms with Crippen LogP contribution >= 0.6 is 34.9 Å². The number of ether oxygens (including phenoxy) is 1. The molecule has 368 valence electrons. The molecule has 0 aliphatic rings. The minimum Gasteiger partial charge on any atom is -0.0622 e. The van der Waals surface area contributed by atoms with Crippen LogP contribution in [0.3, 0.4) is 0 Å². The van der Waals surface area contributed by atoms with Gasteiger partial charge in [-0.05, 0) is 60.5 Å². The number of hydrogen-bond donors (Lipinski definition) is 2. The zero-order valence-corrected chi connectivity index (χ0v) is 45.5. The number of nitrogens with two attached hydrogens (primary N) is 1. The minimum absolute atomic E-state index is 0.106. The number of nitrogen functional groups attached to an aromatic ring is 1. The molecule has 0 spiro atoms. The van der Waals surface area contributed by atoms with Crippen molar-refractivity contribution in [2.45, 2.75) is 52.5 Å². The van der Waals surface area contributed by atoms with Gasteiger partial charge < -0.3 is 15.0 Å². The molecule has 8 nitrogen and oxygen atoms in total. The third-order valence-electron chi connectivity index (χ3n) is 10.4. The van der Waals surface area contributed by atoms with E-state index in [0.29, 0.717) is 31.1 Å². The maximum Gasteiger partial charge on any atom is -0.0134 e. The second kappa shape index (κ2) is 31.6. The van der Waals surface area contributed by atoms with Gasteiger partial charge in [0.25, 0.3) is 0 Å². The summed E-state index contributed by atoms with van der Waals surface area (Å²) >= 11 is -0.106. The Morgan fingerprint density at radius 3 is 1.41 bits per heavy atom. The number of aromatic nitrogens is 3. The monoisotopic (exact) mass is 1120 g/mol. The third kappa shape index (κ3) is 18.5. The number of halogens is 2. The first kappa shape index (κ1) is 56.2. The molecule has 0 aliphatic heterocycles. The Morgan fingerprint density at radius 2 is 1.06 bits per heavy atom. The maximum atomic E-state index is 11.1. The molecule has 2 aromatic heterocycles. The number of pyridine rings is 1. The largest absolute Gasteiger partial charge is 0.0622 e. The van der Waals surface area contributed by atoms with Crippen LogP contribution in [-0.2, 0) is 43.7 Å². The molecule has 0 fully saturated rings. The second-order valence-corrected chi connectivity index (χ2v) is 24.2. The van der Waals surface area contributed by atoms with Crippen LogP contribution in [0.1, 0.15) is 50.9 Å². The van der Waals surface area contributed by atoms with Crippen LogP contribution in [0.4, 0.5) is 5.82 Å². The summed E-state index contributed by atoms with van der Waals surface area (Å²) in [5, 5.41) is 8.39. The van der Waals surface area contributed by atoms with Crippen LogP contribution in [-0.4, -0.2) is 49.0 Å². The summed E-state index contributed by atoms with van der Waals surface area (Å²) < 4.78 is 32.3. The molecule has 3 N–H and O–H groups in total. The number of sulfonamides is 1. The fourth-order valence-corrected chi connectivity index (χ4v) is 12.4. The van der Waals surface area contributed by atoms with Gasteiger partial charge in [-0.1, -0.05) is 214 Å². The quantitative estimate of drug-likeness (QED) is 0.0407. The molecule has 0 saturated carbocycles. The van der Waals surface area contributed by atoms with Gasteiger partial charge >= 0.3 is 35.0 Å². The maximum absolute atomic E-state index is 11.1. The standard InChI is InChI=1S/C20H31N5O3S.2C18H15P.2ClH.Pd/c1-4-6-7-8-10-16-15-22-20(21)18-19(16)25(17(24-18)9-5-2)12-14-28-13-11-23-29(3,26)27;2*1-4-10-16(11-5-1)19(17-12-6-2-7-13-17)18-14-8-3-9-15-18;;;/h15,23H,4-7,9,11-14H2,1-3H3,(H2,21,22);2*1-15H;2*1H;/q;;;;;+2/p-2. The van der Waals surface area contributed by atoms with Crippen molar-refractivity contribution in [1.82, 2.24) is 19.3 Å². The van der Waals surface area contributed by atoms with Gasteiger partial charge in [-0.25, -0.2) is 23.1 Å². The molecule has 8 aromatic rings. The van der Waals surface area contributed by atoms with Crippen molar-refractivity contribution in [1.29, 1.82) is 0 Å². The molecule has 0 aliphatic carbocycles. The number of anilines is 1. The van der Waals surface area contributed by atoms with Gasteiger partial charge in [-0.15, -0.1) is 0 Å². The van der Waals surface area contributed by atoms with Crippen molar-refractivity contribution in [2.24, 2.45) is 0 Å². The Morgan fingerprint density at radius 1 is 0.657 bits per heavy atom. The summed E-state index contributed by atoms with van der Waals surface area (Å²) in [6.07, 6.45) is 7.61. The number of nitrogens with one attached hydrogen (secondary N) is 1. The number of benzene rings is 6. The average Bonchev–Trinajstić information content (AvgIpc) is 3.76. The van der Waals surface area contributed by atoms with Gasteiger partial charge in [-0.3, -0.25) is 0 Å². The van der Waals surface area contributed by atoms with Crippen molar-refractivity contribution in [3.8, 4) is 11.8 Å². The van der Waals surface area contributed by atoms with Gasteiger partial charge in [-0.2, -0.15) is 0 Å². The van der Waals surface area contributed by atoms with Crippen molar-refractivity contribution < 1.29 is 29.1 Å². The summed E-state index contributed by atoms with van der Waals surface area (Å²) in [6, 6.07) is 64.7. The Balaban J connectivity index is 0.000000195. The van der Waals surface area contributed by atoms with Crippen molar-refractivity contribution in [2.75, 3.05) is 31.7 Å². The SMILES string of the molecule is CCCCC#Cc1cnc(N)c2nc(CCC)n(CCOCCNS(C)(=O)=O)c12.[Cl][Pd][Cl].c1ccc(P(c2ccccc2)c2ccccc2)cc1.c1ccc(P(c2ccccc2)c2ccccc2)cc1. The topological polar surface area (TPSA) is 112 Å².